The van der Waals surface area contributed by atoms with Gasteiger partial charge in [0.2, 0.25) is 11.8 Å². The number of likely N-dealkylation sites (tertiary alicyclic amines) is 1. The molecular formula is C19H23NO5. The number of amides is 2. The van der Waals surface area contributed by atoms with E-state index in [4.69, 9.17) is 9.47 Å². The Kier molecular flexibility index (Phi) is 5.36. The van der Waals surface area contributed by atoms with Crippen LogP contribution in [0.2, 0.25) is 0 Å². The molecule has 6 nitrogen and oxygen atoms in total. The van der Waals surface area contributed by atoms with Crippen LogP contribution in [0.25, 0.3) is 0 Å². The number of ether oxygens (including phenoxy) is 2. The third kappa shape index (κ3) is 3.83. The number of methoxy groups -OCH3 is 1. The number of nitrogens with zero attached hydrogens (tertiary/aromatic N) is 1. The van der Waals surface area contributed by atoms with E-state index < -0.39 is 5.97 Å². The van der Waals surface area contributed by atoms with Gasteiger partial charge in [-0.3, -0.25) is 19.3 Å². The normalized spacial score (nSPS) is 22.7. The number of carbonyl (C=O) groups is 3. The second-order valence-corrected chi connectivity index (χ2v) is 6.58. The molecule has 1 heterocycles. The van der Waals surface area contributed by atoms with E-state index in [1.807, 2.05) is 24.3 Å². The van der Waals surface area contributed by atoms with Gasteiger partial charge in [0.25, 0.3) is 0 Å². The van der Waals surface area contributed by atoms with Crippen molar-refractivity contribution in [3.8, 4) is 5.75 Å². The summed E-state index contributed by atoms with van der Waals surface area (Å²) in [5, 5.41) is 0. The minimum atomic E-state index is -0.533. The maximum atomic E-state index is 12.3. The second-order valence-electron chi connectivity index (χ2n) is 6.58. The standard InChI is InChI=1S/C19H23NO5/c1-24-14-8-6-13(7-9-14)10-11-25-17(21)12-20-18(22)15-4-2-3-5-16(15)19(20)23/h6-9,15-16H,2-5,10-12H2,1H3. The van der Waals surface area contributed by atoms with Gasteiger partial charge >= 0.3 is 5.97 Å². The highest BCUT2D eigenvalue weighted by molar-refractivity contribution is 6.07. The van der Waals surface area contributed by atoms with Gasteiger partial charge in [-0.15, -0.1) is 0 Å². The summed E-state index contributed by atoms with van der Waals surface area (Å²) in [6, 6.07) is 7.51. The molecule has 6 heteroatoms. The van der Waals surface area contributed by atoms with Gasteiger partial charge in [0.05, 0.1) is 25.6 Å². The molecule has 2 amide bonds. The molecule has 0 aromatic heterocycles. The van der Waals surface area contributed by atoms with Crippen molar-refractivity contribution in [1.82, 2.24) is 4.90 Å². The molecule has 3 rings (SSSR count). The third-order valence-electron chi connectivity index (χ3n) is 5.03. The lowest BCUT2D eigenvalue weighted by molar-refractivity contribution is -0.153. The molecule has 25 heavy (non-hydrogen) atoms. The highest BCUT2D eigenvalue weighted by Crippen LogP contribution is 2.37. The number of rotatable bonds is 6. The number of benzene rings is 1. The molecule has 1 aliphatic carbocycles. The summed E-state index contributed by atoms with van der Waals surface area (Å²) in [5.41, 5.74) is 1.02. The monoisotopic (exact) mass is 345 g/mol. The van der Waals surface area contributed by atoms with Crippen molar-refractivity contribution < 1.29 is 23.9 Å². The predicted octanol–water partition coefficient (Wildman–Crippen LogP) is 1.96. The summed E-state index contributed by atoms with van der Waals surface area (Å²) in [6.45, 7) is -0.0540. The van der Waals surface area contributed by atoms with Gasteiger partial charge in [0.15, 0.2) is 0 Å². The Labute approximate surface area is 147 Å². The van der Waals surface area contributed by atoms with Crippen molar-refractivity contribution in [1.29, 1.82) is 0 Å². The number of hydrogen-bond acceptors (Lipinski definition) is 5. The van der Waals surface area contributed by atoms with Crippen LogP contribution >= 0.6 is 0 Å². The van der Waals surface area contributed by atoms with Gasteiger partial charge in [-0.2, -0.15) is 0 Å². The van der Waals surface area contributed by atoms with Crippen molar-refractivity contribution in [2.24, 2.45) is 11.8 Å². The average molecular weight is 345 g/mol. The minimum absolute atomic E-state index is 0.207. The number of carbonyl (C=O) groups excluding carboxylic acids is 3. The van der Waals surface area contributed by atoms with E-state index in [0.29, 0.717) is 6.42 Å². The van der Waals surface area contributed by atoms with Gasteiger partial charge in [-0.05, 0) is 30.5 Å². The van der Waals surface area contributed by atoms with Crippen LogP contribution in [-0.4, -0.2) is 42.9 Å². The second kappa shape index (κ2) is 7.68. The molecule has 2 fully saturated rings. The lowest BCUT2D eigenvalue weighted by atomic mass is 9.81. The number of hydrogen-bond donors (Lipinski definition) is 0. The van der Waals surface area contributed by atoms with Crippen LogP contribution in [0.4, 0.5) is 0 Å². The van der Waals surface area contributed by atoms with E-state index in [1.54, 1.807) is 7.11 Å². The van der Waals surface area contributed by atoms with Crippen LogP contribution in [0.5, 0.6) is 5.75 Å². The van der Waals surface area contributed by atoms with Crippen molar-refractivity contribution >= 4 is 17.8 Å². The van der Waals surface area contributed by atoms with Gasteiger partial charge in [-0.25, -0.2) is 0 Å². The Bertz CT molecular complexity index is 630. The molecule has 134 valence electrons. The first-order valence-electron chi connectivity index (χ1n) is 8.74. The van der Waals surface area contributed by atoms with Crippen molar-refractivity contribution in [2.45, 2.75) is 32.1 Å². The molecule has 0 spiro atoms. The number of esters is 1. The van der Waals surface area contributed by atoms with E-state index in [-0.39, 0.29) is 36.8 Å². The maximum Gasteiger partial charge on any atom is 0.326 e. The zero-order chi connectivity index (χ0) is 17.8. The summed E-state index contributed by atoms with van der Waals surface area (Å²) in [7, 11) is 1.61. The van der Waals surface area contributed by atoms with Crippen LogP contribution in [0.3, 0.4) is 0 Å². The largest absolute Gasteiger partial charge is 0.497 e. The van der Waals surface area contributed by atoms with Gasteiger partial charge in [-0.1, -0.05) is 25.0 Å². The summed E-state index contributed by atoms with van der Waals surface area (Å²) in [6.07, 6.45) is 4.01. The van der Waals surface area contributed by atoms with Gasteiger partial charge < -0.3 is 9.47 Å². The fourth-order valence-corrected chi connectivity index (χ4v) is 3.64. The van der Waals surface area contributed by atoms with E-state index >= 15 is 0 Å². The summed E-state index contributed by atoms with van der Waals surface area (Å²) in [4.78, 5) is 37.7. The average Bonchev–Trinajstić information content (AvgIpc) is 2.88. The van der Waals surface area contributed by atoms with E-state index in [2.05, 4.69) is 0 Å². The SMILES string of the molecule is COc1ccc(CCOC(=O)CN2C(=O)C3CCCCC3C2=O)cc1. The molecule has 2 aliphatic rings. The van der Waals surface area contributed by atoms with Gasteiger partial charge in [0.1, 0.15) is 12.3 Å². The van der Waals surface area contributed by atoms with Crippen molar-refractivity contribution in [2.75, 3.05) is 20.3 Å². The first-order chi connectivity index (χ1) is 12.1. The molecule has 1 aliphatic heterocycles. The summed E-state index contributed by atoms with van der Waals surface area (Å²) < 4.78 is 10.3. The molecule has 1 saturated heterocycles. The molecule has 1 aromatic rings. The van der Waals surface area contributed by atoms with Crippen LogP contribution in [0.15, 0.2) is 24.3 Å². The Hall–Kier alpha value is -2.37. The van der Waals surface area contributed by atoms with Crippen LogP contribution in [-0.2, 0) is 25.5 Å². The topological polar surface area (TPSA) is 72.9 Å². The maximum absolute atomic E-state index is 12.3. The first kappa shape index (κ1) is 17.5. The molecule has 2 atom stereocenters. The zero-order valence-corrected chi connectivity index (χ0v) is 14.4. The fraction of sp³-hybridized carbons (Fsp3) is 0.526. The first-order valence-corrected chi connectivity index (χ1v) is 8.74. The fourth-order valence-electron chi connectivity index (χ4n) is 3.64. The van der Waals surface area contributed by atoms with Crippen LogP contribution in [0, 0.1) is 11.8 Å². The zero-order valence-electron chi connectivity index (χ0n) is 14.4. The molecule has 0 bridgehead atoms. The highest BCUT2D eigenvalue weighted by atomic mass is 16.5. The van der Waals surface area contributed by atoms with Crippen molar-refractivity contribution in [3.63, 3.8) is 0 Å². The number of fused-ring (bicyclic) bond motifs is 1. The lowest BCUT2D eigenvalue weighted by Gasteiger charge is -2.19. The molecule has 1 saturated carbocycles. The Morgan fingerprint density at radius 3 is 2.24 bits per heavy atom. The lowest BCUT2D eigenvalue weighted by Crippen LogP contribution is -2.36. The van der Waals surface area contributed by atoms with Gasteiger partial charge in [0, 0.05) is 6.42 Å². The Morgan fingerprint density at radius 1 is 1.08 bits per heavy atom. The molecule has 2 unspecified atom stereocenters. The van der Waals surface area contributed by atoms with E-state index in [0.717, 1.165) is 41.9 Å². The van der Waals surface area contributed by atoms with Crippen molar-refractivity contribution in [3.05, 3.63) is 29.8 Å². The molecule has 1 aromatic carbocycles. The molecular weight excluding hydrogens is 322 g/mol. The minimum Gasteiger partial charge on any atom is -0.497 e. The molecule has 0 N–H and O–H groups in total. The van der Waals surface area contributed by atoms with E-state index in [1.165, 1.54) is 0 Å². The number of imide groups is 1. The quantitative estimate of drug-likeness (QED) is 0.582. The Morgan fingerprint density at radius 2 is 1.68 bits per heavy atom. The van der Waals surface area contributed by atoms with E-state index in [9.17, 15) is 14.4 Å². The smallest absolute Gasteiger partial charge is 0.326 e. The third-order valence-corrected chi connectivity index (χ3v) is 5.03. The predicted molar refractivity (Wildman–Crippen MR) is 89.8 cm³/mol. The van der Waals surface area contributed by atoms with Crippen LogP contribution in [0.1, 0.15) is 31.2 Å². The van der Waals surface area contributed by atoms with Crippen LogP contribution < -0.4 is 4.74 Å². The molecule has 0 radical (unpaired) electrons. The Balaban J connectivity index is 1.47. The summed E-state index contributed by atoms with van der Waals surface area (Å²) in [5.74, 6) is -0.632. The highest BCUT2D eigenvalue weighted by Gasteiger charge is 2.48. The summed E-state index contributed by atoms with van der Waals surface area (Å²) >= 11 is 0.